The third-order valence-electron chi connectivity index (χ3n) is 2.98. The molecule has 0 aromatic heterocycles. The van der Waals surface area contributed by atoms with Gasteiger partial charge in [-0.1, -0.05) is 18.2 Å². The lowest BCUT2D eigenvalue weighted by molar-refractivity contribution is -0.115. The third kappa shape index (κ3) is 1.84. The van der Waals surface area contributed by atoms with Gasteiger partial charge in [0.25, 0.3) is 0 Å². The molecule has 1 aromatic rings. The van der Waals surface area contributed by atoms with Crippen molar-refractivity contribution in [1.29, 1.82) is 0 Å². The van der Waals surface area contributed by atoms with Crippen LogP contribution in [-0.4, -0.2) is 11.5 Å². The standard InChI is InChI=1S/C15H10FNO/c16-11-7-5-10(6-8-11)14-9-15(18)12-3-1-2-4-13(12)17-14/h1-9,12H. The number of carbonyl (C=O) groups is 1. The third-order valence-corrected chi connectivity index (χ3v) is 2.98. The number of rotatable bonds is 1. The van der Waals surface area contributed by atoms with E-state index in [4.69, 9.17) is 0 Å². The number of ketones is 1. The molecule has 1 aliphatic carbocycles. The van der Waals surface area contributed by atoms with Gasteiger partial charge >= 0.3 is 0 Å². The number of nitrogens with zero attached hydrogens (tertiary/aromatic N) is 1. The van der Waals surface area contributed by atoms with E-state index in [0.717, 1.165) is 11.3 Å². The lowest BCUT2D eigenvalue weighted by Gasteiger charge is -2.18. The molecule has 88 valence electrons. The molecule has 3 heteroatoms. The zero-order valence-corrected chi connectivity index (χ0v) is 9.51. The van der Waals surface area contributed by atoms with Crippen LogP contribution < -0.4 is 0 Å². The minimum atomic E-state index is -0.299. The Balaban J connectivity index is 2.02. The Kier molecular flexibility index (Phi) is 2.52. The second-order valence-electron chi connectivity index (χ2n) is 4.20. The molecule has 0 saturated carbocycles. The first-order chi connectivity index (χ1) is 8.74. The molecule has 18 heavy (non-hydrogen) atoms. The lowest BCUT2D eigenvalue weighted by atomic mass is 9.90. The van der Waals surface area contributed by atoms with E-state index in [1.165, 1.54) is 18.2 Å². The minimum Gasteiger partial charge on any atom is -0.294 e. The maximum absolute atomic E-state index is 12.9. The average molecular weight is 239 g/mol. The van der Waals surface area contributed by atoms with E-state index in [2.05, 4.69) is 4.99 Å². The summed E-state index contributed by atoms with van der Waals surface area (Å²) in [6.07, 6.45) is 8.89. The average Bonchev–Trinajstić information content (AvgIpc) is 2.39. The summed E-state index contributed by atoms with van der Waals surface area (Å²) in [5.74, 6) is -0.549. The second-order valence-corrected chi connectivity index (χ2v) is 4.20. The quantitative estimate of drug-likeness (QED) is 0.740. The summed E-state index contributed by atoms with van der Waals surface area (Å²) in [7, 11) is 0. The van der Waals surface area contributed by atoms with Crippen LogP contribution in [0.4, 0.5) is 4.39 Å². The van der Waals surface area contributed by atoms with Gasteiger partial charge in [-0.2, -0.15) is 0 Å². The molecule has 1 aliphatic heterocycles. The summed E-state index contributed by atoms with van der Waals surface area (Å²) in [5.41, 5.74) is 2.08. The number of halogens is 1. The summed E-state index contributed by atoms with van der Waals surface area (Å²) >= 11 is 0. The van der Waals surface area contributed by atoms with Crippen LogP contribution in [-0.2, 0) is 4.79 Å². The van der Waals surface area contributed by atoms with Gasteiger partial charge in [0.1, 0.15) is 5.82 Å². The molecule has 3 rings (SSSR count). The first kappa shape index (κ1) is 10.8. The molecule has 0 radical (unpaired) electrons. The van der Waals surface area contributed by atoms with Gasteiger partial charge in [0, 0.05) is 11.6 Å². The van der Waals surface area contributed by atoms with Gasteiger partial charge in [-0.15, -0.1) is 0 Å². The van der Waals surface area contributed by atoms with Crippen LogP contribution >= 0.6 is 0 Å². The van der Waals surface area contributed by atoms with Gasteiger partial charge in [0.05, 0.1) is 17.3 Å². The Bertz CT molecular complexity index is 620. The highest BCUT2D eigenvalue weighted by Crippen LogP contribution is 2.25. The number of fused-ring (bicyclic) bond motifs is 1. The topological polar surface area (TPSA) is 29.4 Å². The van der Waals surface area contributed by atoms with Crippen molar-refractivity contribution in [3.63, 3.8) is 0 Å². The lowest BCUT2D eigenvalue weighted by Crippen LogP contribution is -2.24. The Labute approximate surface area is 104 Å². The van der Waals surface area contributed by atoms with Crippen LogP contribution in [0.15, 0.2) is 59.6 Å². The number of benzene rings is 1. The first-order valence-corrected chi connectivity index (χ1v) is 5.69. The van der Waals surface area contributed by atoms with E-state index in [0.29, 0.717) is 5.70 Å². The van der Waals surface area contributed by atoms with Crippen molar-refractivity contribution >= 4 is 17.2 Å². The van der Waals surface area contributed by atoms with Crippen molar-refractivity contribution in [2.75, 3.05) is 0 Å². The number of hydrogen-bond donors (Lipinski definition) is 0. The van der Waals surface area contributed by atoms with Crippen LogP contribution in [0.5, 0.6) is 0 Å². The van der Waals surface area contributed by atoms with Gasteiger partial charge in [-0.3, -0.25) is 9.79 Å². The molecule has 0 fully saturated rings. The number of hydrogen-bond acceptors (Lipinski definition) is 2. The van der Waals surface area contributed by atoms with Crippen molar-refractivity contribution in [2.24, 2.45) is 10.9 Å². The van der Waals surface area contributed by atoms with Gasteiger partial charge in [-0.25, -0.2) is 4.39 Å². The SMILES string of the molecule is O=C1C=C(c2ccc(F)cc2)N=C2C=CC=CC12. The van der Waals surface area contributed by atoms with Crippen LogP contribution in [0.2, 0.25) is 0 Å². The highest BCUT2D eigenvalue weighted by Gasteiger charge is 2.24. The normalized spacial score (nSPS) is 21.4. The van der Waals surface area contributed by atoms with Crippen molar-refractivity contribution in [3.8, 4) is 0 Å². The van der Waals surface area contributed by atoms with Gasteiger partial charge in [0.15, 0.2) is 5.78 Å². The van der Waals surface area contributed by atoms with E-state index in [1.54, 1.807) is 12.1 Å². The Morgan fingerprint density at radius 3 is 2.67 bits per heavy atom. The van der Waals surface area contributed by atoms with E-state index >= 15 is 0 Å². The van der Waals surface area contributed by atoms with Crippen LogP contribution in [0.3, 0.4) is 0 Å². The summed E-state index contributed by atoms with van der Waals surface area (Å²) in [5, 5.41) is 0. The molecule has 2 aliphatic rings. The fourth-order valence-corrected chi connectivity index (χ4v) is 2.04. The summed E-state index contributed by atoms with van der Waals surface area (Å²) < 4.78 is 12.9. The van der Waals surface area contributed by atoms with Gasteiger partial charge in [-0.05, 0) is 30.3 Å². The van der Waals surface area contributed by atoms with E-state index in [-0.39, 0.29) is 17.5 Å². The zero-order valence-electron chi connectivity index (χ0n) is 9.51. The Hall–Kier alpha value is -2.29. The van der Waals surface area contributed by atoms with E-state index in [9.17, 15) is 9.18 Å². The monoisotopic (exact) mass is 239 g/mol. The predicted molar refractivity (Wildman–Crippen MR) is 68.6 cm³/mol. The fourth-order valence-electron chi connectivity index (χ4n) is 2.04. The van der Waals surface area contributed by atoms with Crippen LogP contribution in [0.25, 0.3) is 5.70 Å². The van der Waals surface area contributed by atoms with Gasteiger partial charge < -0.3 is 0 Å². The molecule has 1 unspecified atom stereocenters. The second kappa shape index (κ2) is 4.18. The van der Waals surface area contributed by atoms with Gasteiger partial charge in [0.2, 0.25) is 0 Å². The maximum Gasteiger partial charge on any atom is 0.170 e. The largest absolute Gasteiger partial charge is 0.294 e. The predicted octanol–water partition coefficient (Wildman–Crippen LogP) is 2.93. The molecule has 1 atom stereocenters. The molecule has 1 aromatic carbocycles. The van der Waals surface area contributed by atoms with Crippen molar-refractivity contribution < 1.29 is 9.18 Å². The summed E-state index contributed by atoms with van der Waals surface area (Å²) in [6.45, 7) is 0. The molecule has 0 N–H and O–H groups in total. The molecular formula is C15H10FNO. The van der Waals surface area contributed by atoms with Crippen LogP contribution in [0, 0.1) is 11.7 Å². The zero-order chi connectivity index (χ0) is 12.5. The Morgan fingerprint density at radius 1 is 1.11 bits per heavy atom. The molecule has 1 heterocycles. The molecule has 0 saturated heterocycles. The summed E-state index contributed by atoms with van der Waals surface area (Å²) in [6, 6.07) is 5.98. The van der Waals surface area contributed by atoms with Crippen molar-refractivity contribution in [2.45, 2.75) is 0 Å². The Morgan fingerprint density at radius 2 is 1.89 bits per heavy atom. The van der Waals surface area contributed by atoms with Crippen molar-refractivity contribution in [3.05, 3.63) is 66.0 Å². The number of carbonyl (C=O) groups excluding carboxylic acids is 1. The summed E-state index contributed by atoms with van der Waals surface area (Å²) in [4.78, 5) is 16.4. The van der Waals surface area contributed by atoms with E-state index < -0.39 is 0 Å². The van der Waals surface area contributed by atoms with E-state index in [1.807, 2.05) is 24.3 Å². The molecule has 0 amide bonds. The number of allylic oxidation sites excluding steroid dienone is 5. The maximum atomic E-state index is 12.9. The smallest absolute Gasteiger partial charge is 0.170 e. The molecular weight excluding hydrogens is 229 g/mol. The highest BCUT2D eigenvalue weighted by atomic mass is 19.1. The molecule has 0 spiro atoms. The number of aliphatic imine (C=N–C) groups is 1. The molecule has 2 nitrogen and oxygen atoms in total. The van der Waals surface area contributed by atoms with Crippen molar-refractivity contribution in [1.82, 2.24) is 0 Å². The van der Waals surface area contributed by atoms with Crippen LogP contribution in [0.1, 0.15) is 5.56 Å². The first-order valence-electron chi connectivity index (χ1n) is 5.69. The minimum absolute atomic E-state index is 0.0138. The highest BCUT2D eigenvalue weighted by molar-refractivity contribution is 6.21. The molecule has 0 bridgehead atoms. The fraction of sp³-hybridized carbons (Fsp3) is 0.0667.